The van der Waals surface area contributed by atoms with E-state index in [4.69, 9.17) is 16.3 Å². The van der Waals surface area contributed by atoms with Crippen LogP contribution in [0.1, 0.15) is 53.0 Å². The van der Waals surface area contributed by atoms with Crippen molar-refractivity contribution >= 4 is 52.3 Å². The van der Waals surface area contributed by atoms with Crippen LogP contribution in [0.15, 0.2) is 18.2 Å². The van der Waals surface area contributed by atoms with Crippen molar-refractivity contribution in [3.63, 3.8) is 0 Å². The summed E-state index contributed by atoms with van der Waals surface area (Å²) in [5.41, 5.74) is 1.03. The molecule has 2 aromatic rings. The fraction of sp³-hybridized carbons (Fsp3) is 0.519. The zero-order chi connectivity index (χ0) is 28.8. The Bertz CT molecular complexity index is 1250. The number of aromatic nitrogens is 1. The third-order valence-electron chi connectivity index (χ3n) is 7.37. The van der Waals surface area contributed by atoms with Gasteiger partial charge in [0.2, 0.25) is 5.91 Å². The Hall–Kier alpha value is -3.09. The Morgan fingerprint density at radius 3 is 2.62 bits per heavy atom. The zero-order valence-electron chi connectivity index (χ0n) is 22.4. The molecule has 1 fully saturated rings. The first-order valence-electron chi connectivity index (χ1n) is 13.3. The molecule has 13 heteroatoms. The van der Waals surface area contributed by atoms with Crippen LogP contribution in [0, 0.1) is 11.7 Å². The smallest absolute Gasteiger partial charge is 0.313 e. The molecule has 3 atom stereocenters. The van der Waals surface area contributed by atoms with Gasteiger partial charge in [0.1, 0.15) is 12.4 Å². The van der Waals surface area contributed by atoms with Gasteiger partial charge in [-0.15, -0.1) is 11.3 Å². The molecule has 216 valence electrons. The standard InChI is InChI=1S/C27H33ClFN5O5S/c1-3-15-4-8-20-22(9-5-15)40-27(33-20)26(38)32-21-13-34(23(35)14-39-2)11-10-19(21)31-25(37)24(36)30-16-6-7-17(28)18(29)12-16/h6-7,12,15,19,21H,3-5,8-11,13-14H2,1-2H3,(H,30,36)(H,31,37)(H,32,38)/t15-,19+,21-/m1/s1. The lowest BCUT2D eigenvalue weighted by Gasteiger charge is -2.39. The van der Waals surface area contributed by atoms with Gasteiger partial charge in [-0.3, -0.25) is 19.2 Å². The quantitative estimate of drug-likeness (QED) is 0.334. The fourth-order valence-corrected chi connectivity index (χ4v) is 6.18. The van der Waals surface area contributed by atoms with Crippen LogP contribution < -0.4 is 16.0 Å². The summed E-state index contributed by atoms with van der Waals surface area (Å²) in [4.78, 5) is 58.3. The average molecular weight is 594 g/mol. The van der Waals surface area contributed by atoms with Crippen molar-refractivity contribution in [1.29, 1.82) is 0 Å². The highest BCUT2D eigenvalue weighted by atomic mass is 35.5. The molecule has 10 nitrogen and oxygen atoms in total. The van der Waals surface area contributed by atoms with Crippen LogP contribution in [-0.4, -0.2) is 72.4 Å². The van der Waals surface area contributed by atoms with Gasteiger partial charge in [0.05, 0.1) is 22.8 Å². The van der Waals surface area contributed by atoms with Gasteiger partial charge >= 0.3 is 11.8 Å². The summed E-state index contributed by atoms with van der Waals surface area (Å²) in [5.74, 6) is -2.67. The second-order valence-corrected chi connectivity index (χ2v) is 11.5. The fourth-order valence-electron chi connectivity index (χ4n) is 5.04. The summed E-state index contributed by atoms with van der Waals surface area (Å²) in [6.45, 7) is 2.49. The highest BCUT2D eigenvalue weighted by Gasteiger charge is 2.35. The van der Waals surface area contributed by atoms with Crippen LogP contribution in [0.3, 0.4) is 0 Å². The number of hydrogen-bond acceptors (Lipinski definition) is 7. The zero-order valence-corrected chi connectivity index (χ0v) is 24.0. The van der Waals surface area contributed by atoms with E-state index in [1.807, 2.05) is 0 Å². The van der Waals surface area contributed by atoms with E-state index in [-0.39, 0.29) is 29.8 Å². The number of benzene rings is 1. The molecule has 0 saturated carbocycles. The van der Waals surface area contributed by atoms with Crippen molar-refractivity contribution in [3.05, 3.63) is 44.6 Å². The normalized spacial score (nSPS) is 20.7. The summed E-state index contributed by atoms with van der Waals surface area (Å²) in [7, 11) is 1.42. The van der Waals surface area contributed by atoms with Gasteiger partial charge in [0.25, 0.3) is 5.91 Å². The number of fused-ring (bicyclic) bond motifs is 1. The Morgan fingerprint density at radius 1 is 1.12 bits per heavy atom. The molecule has 1 aromatic heterocycles. The van der Waals surface area contributed by atoms with Gasteiger partial charge in [-0.25, -0.2) is 9.37 Å². The number of piperidine rings is 1. The second-order valence-electron chi connectivity index (χ2n) is 10.0. The highest BCUT2D eigenvalue weighted by Crippen LogP contribution is 2.30. The molecule has 0 bridgehead atoms. The van der Waals surface area contributed by atoms with Crippen LogP contribution in [0.5, 0.6) is 0 Å². The van der Waals surface area contributed by atoms with E-state index in [9.17, 15) is 23.6 Å². The predicted molar refractivity (Wildman–Crippen MR) is 149 cm³/mol. The van der Waals surface area contributed by atoms with Crippen molar-refractivity contribution in [1.82, 2.24) is 20.5 Å². The molecule has 1 aliphatic carbocycles. The molecule has 3 N–H and O–H groups in total. The Balaban J connectivity index is 1.44. The van der Waals surface area contributed by atoms with Crippen molar-refractivity contribution in [2.75, 3.05) is 32.1 Å². The minimum atomic E-state index is -1.00. The first-order valence-corrected chi connectivity index (χ1v) is 14.5. The van der Waals surface area contributed by atoms with E-state index in [1.165, 1.54) is 30.6 Å². The molecule has 1 saturated heterocycles. The maximum Gasteiger partial charge on any atom is 0.313 e. The van der Waals surface area contributed by atoms with Gasteiger partial charge in [0.15, 0.2) is 5.01 Å². The molecule has 0 radical (unpaired) electrons. The Morgan fingerprint density at radius 2 is 1.90 bits per heavy atom. The summed E-state index contributed by atoms with van der Waals surface area (Å²) >= 11 is 7.05. The predicted octanol–water partition coefficient (Wildman–Crippen LogP) is 2.94. The second kappa shape index (κ2) is 13.5. The molecule has 1 aromatic carbocycles. The number of thiazole rings is 1. The molecule has 2 heterocycles. The number of carbonyl (C=O) groups excluding carboxylic acids is 4. The number of nitrogens with zero attached hydrogens (tertiary/aromatic N) is 2. The van der Waals surface area contributed by atoms with E-state index in [0.29, 0.717) is 23.9 Å². The van der Waals surface area contributed by atoms with E-state index >= 15 is 0 Å². The number of ether oxygens (including phenoxy) is 1. The number of hydrogen-bond donors (Lipinski definition) is 3. The van der Waals surface area contributed by atoms with Crippen molar-refractivity contribution in [2.24, 2.45) is 5.92 Å². The third kappa shape index (κ3) is 7.35. The number of carbonyl (C=O) groups is 4. The molecule has 2 aliphatic rings. The molecule has 0 unspecified atom stereocenters. The van der Waals surface area contributed by atoms with Gasteiger partial charge in [0, 0.05) is 30.8 Å². The number of likely N-dealkylation sites (tertiary alicyclic amines) is 1. The number of anilines is 1. The third-order valence-corrected chi connectivity index (χ3v) is 8.83. The molecule has 4 amide bonds. The van der Waals surface area contributed by atoms with Crippen molar-refractivity contribution in [2.45, 2.75) is 57.5 Å². The van der Waals surface area contributed by atoms with Gasteiger partial charge < -0.3 is 25.6 Å². The van der Waals surface area contributed by atoms with E-state index in [0.717, 1.165) is 48.7 Å². The molecule has 1 aliphatic heterocycles. The van der Waals surface area contributed by atoms with Crippen molar-refractivity contribution < 1.29 is 28.3 Å². The average Bonchev–Trinajstić information content (AvgIpc) is 3.25. The van der Waals surface area contributed by atoms with Crippen LogP contribution >= 0.6 is 22.9 Å². The first kappa shape index (κ1) is 29.9. The maximum absolute atomic E-state index is 13.7. The number of halogens is 2. The first-order chi connectivity index (χ1) is 19.2. The Labute approximate surface area is 241 Å². The van der Waals surface area contributed by atoms with Gasteiger partial charge in [-0.2, -0.15) is 0 Å². The van der Waals surface area contributed by atoms with Crippen LogP contribution in [0.2, 0.25) is 5.02 Å². The molecular formula is C27H33ClFN5O5S. The summed E-state index contributed by atoms with van der Waals surface area (Å²) < 4.78 is 18.7. The SMILES string of the molecule is CC[C@@H]1CCc2nc(C(=O)N[C@@H]3CN(C(=O)COC)CC[C@@H]3NC(=O)C(=O)Nc3ccc(Cl)c(F)c3)sc2CC1. The number of aryl methyl sites for hydroxylation is 2. The van der Waals surface area contributed by atoms with Crippen molar-refractivity contribution in [3.8, 4) is 0 Å². The monoisotopic (exact) mass is 593 g/mol. The number of amides is 4. The maximum atomic E-state index is 13.7. The molecule has 40 heavy (non-hydrogen) atoms. The minimum absolute atomic E-state index is 0.0701. The number of methoxy groups -OCH3 is 1. The van der Waals surface area contributed by atoms with E-state index in [2.05, 4.69) is 27.9 Å². The summed E-state index contributed by atoms with van der Waals surface area (Å²) in [6, 6.07) is 2.33. The van der Waals surface area contributed by atoms with Crippen LogP contribution in [-0.2, 0) is 32.0 Å². The Kier molecular flexibility index (Phi) is 10.1. The number of nitrogens with one attached hydrogen (secondary N) is 3. The lowest BCUT2D eigenvalue weighted by atomic mass is 9.97. The van der Waals surface area contributed by atoms with Gasteiger partial charge in [-0.05, 0) is 56.2 Å². The molecular weight excluding hydrogens is 561 g/mol. The highest BCUT2D eigenvalue weighted by molar-refractivity contribution is 7.13. The summed E-state index contributed by atoms with van der Waals surface area (Å²) in [6.07, 6.45) is 5.28. The number of rotatable bonds is 7. The molecule has 4 rings (SSSR count). The minimum Gasteiger partial charge on any atom is -0.375 e. The van der Waals surface area contributed by atoms with Crippen LogP contribution in [0.25, 0.3) is 0 Å². The van der Waals surface area contributed by atoms with E-state index in [1.54, 1.807) is 4.90 Å². The van der Waals surface area contributed by atoms with E-state index < -0.39 is 35.6 Å². The topological polar surface area (TPSA) is 130 Å². The largest absolute Gasteiger partial charge is 0.375 e. The molecule has 0 spiro atoms. The van der Waals surface area contributed by atoms with Crippen LogP contribution in [0.4, 0.5) is 10.1 Å². The lowest BCUT2D eigenvalue weighted by molar-refractivity contribution is -0.138. The lowest BCUT2D eigenvalue weighted by Crippen LogP contribution is -2.62. The summed E-state index contributed by atoms with van der Waals surface area (Å²) in [5, 5.41) is 8.15. The van der Waals surface area contributed by atoms with Gasteiger partial charge in [-0.1, -0.05) is 24.9 Å².